The monoisotopic (exact) mass is 351 g/mol. The van der Waals surface area contributed by atoms with E-state index in [9.17, 15) is 18.5 Å². The van der Waals surface area contributed by atoms with Gasteiger partial charge in [-0.2, -0.15) is 0 Å². The highest BCUT2D eigenvalue weighted by Crippen LogP contribution is 2.30. The number of nitrogens with zero attached hydrogens (tertiary/aromatic N) is 2. The van der Waals surface area contributed by atoms with Gasteiger partial charge in [-0.1, -0.05) is 0 Å². The SMILES string of the molecule is COc1ccc([N+](=O)[O-])cc1S(=O)(=O)Nc1ccc(N(C)C)cc1. The Hall–Kier alpha value is -2.81. The summed E-state index contributed by atoms with van der Waals surface area (Å²) in [7, 11) is 0.996. The second kappa shape index (κ2) is 6.75. The Bertz CT molecular complexity index is 848. The summed E-state index contributed by atoms with van der Waals surface area (Å²) in [6.07, 6.45) is 0. The molecule has 0 aliphatic carbocycles. The van der Waals surface area contributed by atoms with Crippen molar-refractivity contribution < 1.29 is 18.1 Å². The van der Waals surface area contributed by atoms with Gasteiger partial charge in [-0.15, -0.1) is 0 Å². The van der Waals surface area contributed by atoms with E-state index in [1.165, 1.54) is 19.2 Å². The summed E-state index contributed by atoms with van der Waals surface area (Å²) in [5.74, 6) is 0.0259. The molecular formula is C15H17N3O5S. The van der Waals surface area contributed by atoms with Gasteiger partial charge >= 0.3 is 0 Å². The molecule has 2 aromatic rings. The predicted molar refractivity (Wildman–Crippen MR) is 91.2 cm³/mol. The fourth-order valence-corrected chi connectivity index (χ4v) is 3.28. The number of benzene rings is 2. The van der Waals surface area contributed by atoms with Crippen LogP contribution in [0.3, 0.4) is 0 Å². The van der Waals surface area contributed by atoms with E-state index in [1.807, 2.05) is 19.0 Å². The van der Waals surface area contributed by atoms with Crippen molar-refractivity contribution in [1.29, 1.82) is 0 Å². The molecule has 0 aromatic heterocycles. The van der Waals surface area contributed by atoms with Gasteiger partial charge in [0, 0.05) is 37.6 Å². The summed E-state index contributed by atoms with van der Waals surface area (Å²) in [4.78, 5) is 11.8. The molecule has 0 heterocycles. The van der Waals surface area contributed by atoms with E-state index in [0.29, 0.717) is 5.69 Å². The average molecular weight is 351 g/mol. The third-order valence-electron chi connectivity index (χ3n) is 3.28. The number of anilines is 2. The molecule has 0 amide bonds. The topological polar surface area (TPSA) is 102 Å². The fraction of sp³-hybridized carbons (Fsp3) is 0.200. The first kappa shape index (κ1) is 17.5. The first-order valence-electron chi connectivity index (χ1n) is 6.87. The first-order valence-corrected chi connectivity index (χ1v) is 8.35. The molecule has 0 saturated heterocycles. The van der Waals surface area contributed by atoms with Crippen LogP contribution in [0.5, 0.6) is 5.75 Å². The second-order valence-electron chi connectivity index (χ2n) is 5.14. The van der Waals surface area contributed by atoms with Crippen molar-refractivity contribution in [3.8, 4) is 5.75 Å². The lowest BCUT2D eigenvalue weighted by atomic mass is 10.3. The minimum absolute atomic E-state index is 0.0259. The van der Waals surface area contributed by atoms with Crippen LogP contribution in [0.25, 0.3) is 0 Å². The number of hydrogen-bond donors (Lipinski definition) is 1. The third-order valence-corrected chi connectivity index (χ3v) is 4.69. The summed E-state index contributed by atoms with van der Waals surface area (Å²) < 4.78 is 32.5. The van der Waals surface area contributed by atoms with Gasteiger partial charge < -0.3 is 9.64 Å². The highest BCUT2D eigenvalue weighted by atomic mass is 32.2. The smallest absolute Gasteiger partial charge is 0.271 e. The zero-order valence-corrected chi connectivity index (χ0v) is 14.2. The van der Waals surface area contributed by atoms with Crippen LogP contribution in [0.2, 0.25) is 0 Å². The minimum atomic E-state index is -4.04. The maximum Gasteiger partial charge on any atom is 0.271 e. The van der Waals surface area contributed by atoms with Gasteiger partial charge in [0.05, 0.1) is 12.0 Å². The van der Waals surface area contributed by atoms with Gasteiger partial charge in [0.1, 0.15) is 10.6 Å². The van der Waals surface area contributed by atoms with Crippen LogP contribution in [0.4, 0.5) is 17.1 Å². The number of nitro groups is 1. The molecule has 0 aliphatic heterocycles. The molecule has 0 unspecified atom stereocenters. The van der Waals surface area contributed by atoms with Crippen LogP contribution >= 0.6 is 0 Å². The average Bonchev–Trinajstić information content (AvgIpc) is 2.54. The van der Waals surface area contributed by atoms with Crippen molar-refractivity contribution >= 4 is 27.1 Å². The fourth-order valence-electron chi connectivity index (χ4n) is 2.03. The number of methoxy groups -OCH3 is 1. The predicted octanol–water partition coefficient (Wildman–Crippen LogP) is 2.47. The zero-order chi connectivity index (χ0) is 17.9. The molecule has 0 saturated carbocycles. The lowest BCUT2D eigenvalue weighted by Crippen LogP contribution is -2.15. The quantitative estimate of drug-likeness (QED) is 0.634. The van der Waals surface area contributed by atoms with Gasteiger partial charge in [-0.3, -0.25) is 14.8 Å². The molecule has 9 heteroatoms. The molecule has 128 valence electrons. The van der Waals surface area contributed by atoms with E-state index in [2.05, 4.69) is 4.72 Å². The third kappa shape index (κ3) is 3.74. The second-order valence-corrected chi connectivity index (χ2v) is 6.79. The molecule has 1 N–H and O–H groups in total. The van der Waals surface area contributed by atoms with Crippen LogP contribution in [0.1, 0.15) is 0 Å². The first-order chi connectivity index (χ1) is 11.2. The van der Waals surface area contributed by atoms with Crippen molar-refractivity contribution in [1.82, 2.24) is 0 Å². The van der Waals surface area contributed by atoms with E-state index in [1.54, 1.807) is 24.3 Å². The van der Waals surface area contributed by atoms with Crippen molar-refractivity contribution in [2.75, 3.05) is 30.8 Å². The van der Waals surface area contributed by atoms with Gasteiger partial charge in [0.2, 0.25) is 0 Å². The van der Waals surface area contributed by atoms with Crippen LogP contribution < -0.4 is 14.4 Å². The van der Waals surface area contributed by atoms with Crippen molar-refractivity contribution in [3.63, 3.8) is 0 Å². The normalized spacial score (nSPS) is 11.0. The molecule has 8 nitrogen and oxygen atoms in total. The van der Waals surface area contributed by atoms with Crippen LogP contribution in [-0.2, 0) is 10.0 Å². The number of nitro benzene ring substituents is 1. The van der Waals surface area contributed by atoms with Crippen molar-refractivity contribution in [3.05, 3.63) is 52.6 Å². The number of hydrogen-bond acceptors (Lipinski definition) is 6. The Morgan fingerprint density at radius 2 is 1.75 bits per heavy atom. The molecule has 2 rings (SSSR count). The number of sulfonamides is 1. The summed E-state index contributed by atoms with van der Waals surface area (Å²) in [6.45, 7) is 0. The number of ether oxygens (including phenoxy) is 1. The highest BCUT2D eigenvalue weighted by molar-refractivity contribution is 7.92. The van der Waals surface area contributed by atoms with Crippen LogP contribution in [-0.4, -0.2) is 34.5 Å². The van der Waals surface area contributed by atoms with E-state index in [-0.39, 0.29) is 16.3 Å². The molecule has 0 spiro atoms. The minimum Gasteiger partial charge on any atom is -0.495 e. The maximum atomic E-state index is 12.6. The van der Waals surface area contributed by atoms with Crippen molar-refractivity contribution in [2.45, 2.75) is 4.90 Å². The number of non-ortho nitro benzene ring substituents is 1. The molecule has 2 aromatic carbocycles. The highest BCUT2D eigenvalue weighted by Gasteiger charge is 2.23. The Morgan fingerprint density at radius 1 is 1.12 bits per heavy atom. The summed E-state index contributed by atoms with van der Waals surface area (Å²) in [6, 6.07) is 10.1. The van der Waals surface area contributed by atoms with Crippen LogP contribution in [0, 0.1) is 10.1 Å². The number of nitrogens with one attached hydrogen (secondary N) is 1. The van der Waals surface area contributed by atoms with Gasteiger partial charge in [0.25, 0.3) is 15.7 Å². The van der Waals surface area contributed by atoms with Crippen molar-refractivity contribution in [2.24, 2.45) is 0 Å². The van der Waals surface area contributed by atoms with Crippen LogP contribution in [0.15, 0.2) is 47.4 Å². The standard InChI is InChI=1S/C15H17N3O5S/c1-17(2)12-6-4-11(5-7-12)16-24(21,22)15-10-13(18(19)20)8-9-14(15)23-3/h4-10,16H,1-3H3. The summed E-state index contributed by atoms with van der Waals surface area (Å²) in [5, 5.41) is 10.9. The Labute approximate surface area is 139 Å². The van der Waals surface area contributed by atoms with E-state index < -0.39 is 14.9 Å². The molecule has 24 heavy (non-hydrogen) atoms. The Balaban J connectivity index is 2.39. The van der Waals surface area contributed by atoms with E-state index >= 15 is 0 Å². The Kier molecular flexibility index (Phi) is 4.93. The lowest BCUT2D eigenvalue weighted by molar-refractivity contribution is -0.385. The summed E-state index contributed by atoms with van der Waals surface area (Å²) >= 11 is 0. The molecule has 0 bridgehead atoms. The largest absolute Gasteiger partial charge is 0.495 e. The van der Waals surface area contributed by atoms with E-state index in [4.69, 9.17) is 4.74 Å². The zero-order valence-electron chi connectivity index (χ0n) is 13.4. The molecule has 0 aliphatic rings. The lowest BCUT2D eigenvalue weighted by Gasteiger charge is -2.14. The number of rotatable bonds is 6. The van der Waals surface area contributed by atoms with E-state index in [0.717, 1.165) is 11.8 Å². The Morgan fingerprint density at radius 3 is 2.25 bits per heavy atom. The molecule has 0 atom stereocenters. The van der Waals surface area contributed by atoms with Gasteiger partial charge in [0.15, 0.2) is 0 Å². The molecular weight excluding hydrogens is 334 g/mol. The van der Waals surface area contributed by atoms with Gasteiger partial charge in [-0.25, -0.2) is 8.42 Å². The molecule has 0 fully saturated rings. The molecule has 0 radical (unpaired) electrons. The van der Waals surface area contributed by atoms with Gasteiger partial charge in [-0.05, 0) is 30.3 Å². The summed E-state index contributed by atoms with van der Waals surface area (Å²) in [5.41, 5.74) is 0.916. The maximum absolute atomic E-state index is 12.6.